The minimum Gasteiger partial charge on any atom is -0.352 e. The van der Waals surface area contributed by atoms with Crippen molar-refractivity contribution in [2.75, 3.05) is 33.2 Å². The molecule has 0 atom stereocenters. The first-order valence-corrected chi connectivity index (χ1v) is 11.1. The number of aromatic nitrogens is 2. The maximum Gasteiger partial charge on any atom is 0.226 e. The predicted octanol–water partition coefficient (Wildman–Crippen LogP) is 2.81. The molecule has 0 spiro atoms. The van der Waals surface area contributed by atoms with Crippen LogP contribution in [0.15, 0.2) is 54.2 Å². The number of piperazine rings is 1. The van der Waals surface area contributed by atoms with Crippen LogP contribution in [-0.4, -0.2) is 58.9 Å². The van der Waals surface area contributed by atoms with Gasteiger partial charge in [-0.1, -0.05) is 18.2 Å². The van der Waals surface area contributed by atoms with E-state index < -0.39 is 0 Å². The van der Waals surface area contributed by atoms with E-state index in [-0.39, 0.29) is 5.91 Å². The number of carbonyl (C=O) groups is 1. The zero-order valence-electron chi connectivity index (χ0n) is 17.3. The SMILES string of the molecule is CN1CCN(Cc2cccc(-c3nc(CC(=O)NCc4ccncc4)cs3)c2)CC1. The minimum atomic E-state index is -0.0209. The van der Waals surface area contributed by atoms with Gasteiger partial charge in [-0.25, -0.2) is 4.98 Å². The van der Waals surface area contributed by atoms with Gasteiger partial charge < -0.3 is 10.2 Å². The Labute approximate surface area is 181 Å². The molecule has 156 valence electrons. The van der Waals surface area contributed by atoms with Crippen molar-refractivity contribution < 1.29 is 4.79 Å². The van der Waals surface area contributed by atoms with Crippen LogP contribution in [0, 0.1) is 0 Å². The summed E-state index contributed by atoms with van der Waals surface area (Å²) in [4.78, 5) is 25.8. The lowest BCUT2D eigenvalue weighted by atomic mass is 10.1. The Kier molecular flexibility index (Phi) is 6.84. The van der Waals surface area contributed by atoms with E-state index in [0.29, 0.717) is 13.0 Å². The van der Waals surface area contributed by atoms with Crippen molar-refractivity contribution in [2.24, 2.45) is 0 Å². The van der Waals surface area contributed by atoms with Crippen molar-refractivity contribution in [3.05, 3.63) is 71.0 Å². The number of benzene rings is 1. The van der Waals surface area contributed by atoms with Crippen LogP contribution in [0.5, 0.6) is 0 Å². The van der Waals surface area contributed by atoms with Crippen LogP contribution in [0.1, 0.15) is 16.8 Å². The lowest BCUT2D eigenvalue weighted by molar-refractivity contribution is -0.120. The first-order chi connectivity index (χ1) is 14.7. The van der Waals surface area contributed by atoms with Crippen LogP contribution in [0.2, 0.25) is 0 Å². The molecule has 0 bridgehead atoms. The van der Waals surface area contributed by atoms with Crippen LogP contribution in [0.4, 0.5) is 0 Å². The summed E-state index contributed by atoms with van der Waals surface area (Å²) in [6.07, 6.45) is 3.75. The van der Waals surface area contributed by atoms with Gasteiger partial charge in [0, 0.05) is 62.6 Å². The highest BCUT2D eigenvalue weighted by Crippen LogP contribution is 2.25. The van der Waals surface area contributed by atoms with Gasteiger partial charge in [-0.05, 0) is 36.4 Å². The van der Waals surface area contributed by atoms with Crippen molar-refractivity contribution in [1.82, 2.24) is 25.1 Å². The molecule has 1 aliphatic heterocycles. The van der Waals surface area contributed by atoms with Crippen molar-refractivity contribution in [2.45, 2.75) is 19.5 Å². The van der Waals surface area contributed by atoms with E-state index in [4.69, 9.17) is 4.98 Å². The molecule has 3 heterocycles. The van der Waals surface area contributed by atoms with E-state index in [1.165, 1.54) is 5.56 Å². The fourth-order valence-electron chi connectivity index (χ4n) is 3.52. The molecular formula is C23H27N5OS. The van der Waals surface area contributed by atoms with Gasteiger partial charge in [-0.2, -0.15) is 0 Å². The van der Waals surface area contributed by atoms with Gasteiger partial charge in [0.25, 0.3) is 0 Å². The zero-order valence-corrected chi connectivity index (χ0v) is 18.1. The van der Waals surface area contributed by atoms with Crippen LogP contribution >= 0.6 is 11.3 Å². The van der Waals surface area contributed by atoms with Gasteiger partial charge in [-0.15, -0.1) is 11.3 Å². The maximum atomic E-state index is 12.3. The second-order valence-electron chi connectivity index (χ2n) is 7.73. The summed E-state index contributed by atoms with van der Waals surface area (Å²) in [5, 5.41) is 5.89. The topological polar surface area (TPSA) is 61.4 Å². The lowest BCUT2D eigenvalue weighted by Crippen LogP contribution is -2.43. The van der Waals surface area contributed by atoms with E-state index in [1.807, 2.05) is 17.5 Å². The molecule has 0 aliphatic carbocycles. The minimum absolute atomic E-state index is 0.0209. The van der Waals surface area contributed by atoms with Gasteiger partial charge in [0.15, 0.2) is 0 Å². The number of nitrogens with zero attached hydrogens (tertiary/aromatic N) is 4. The Morgan fingerprint density at radius 2 is 1.90 bits per heavy atom. The van der Waals surface area contributed by atoms with Crippen molar-refractivity contribution in [3.63, 3.8) is 0 Å². The van der Waals surface area contributed by atoms with Crippen LogP contribution in [0.25, 0.3) is 10.6 Å². The molecule has 1 aromatic carbocycles. The quantitative estimate of drug-likeness (QED) is 0.636. The molecule has 6 nitrogen and oxygen atoms in total. The summed E-state index contributed by atoms with van der Waals surface area (Å²) in [5.41, 5.74) is 4.28. The highest BCUT2D eigenvalue weighted by atomic mass is 32.1. The summed E-state index contributed by atoms with van der Waals surface area (Å²) >= 11 is 1.59. The van der Waals surface area contributed by atoms with Gasteiger partial charge in [0.1, 0.15) is 5.01 Å². The molecule has 1 N–H and O–H groups in total. The summed E-state index contributed by atoms with van der Waals surface area (Å²) in [7, 11) is 2.18. The average Bonchev–Trinajstić information content (AvgIpc) is 3.23. The standard InChI is InChI=1S/C23H27N5OS/c1-27-9-11-28(12-10-27)16-19-3-2-4-20(13-19)23-26-21(17-30-23)14-22(29)25-15-18-5-7-24-8-6-18/h2-8,13,17H,9-12,14-16H2,1H3,(H,25,29). The van der Waals surface area contributed by atoms with E-state index >= 15 is 0 Å². The molecule has 7 heteroatoms. The number of carbonyl (C=O) groups excluding carboxylic acids is 1. The second kappa shape index (κ2) is 9.93. The van der Waals surface area contributed by atoms with Crippen LogP contribution in [-0.2, 0) is 24.3 Å². The molecule has 0 radical (unpaired) electrons. The van der Waals surface area contributed by atoms with Gasteiger partial charge in [0.2, 0.25) is 5.91 Å². The van der Waals surface area contributed by atoms with Crippen LogP contribution in [0.3, 0.4) is 0 Å². The van der Waals surface area contributed by atoms with E-state index in [9.17, 15) is 4.79 Å². The molecule has 1 fully saturated rings. The monoisotopic (exact) mass is 421 g/mol. The smallest absolute Gasteiger partial charge is 0.226 e. The van der Waals surface area contributed by atoms with Crippen molar-refractivity contribution in [1.29, 1.82) is 0 Å². The highest BCUT2D eigenvalue weighted by molar-refractivity contribution is 7.13. The summed E-state index contributed by atoms with van der Waals surface area (Å²) in [6, 6.07) is 12.4. The highest BCUT2D eigenvalue weighted by Gasteiger charge is 2.15. The molecule has 0 saturated carbocycles. The number of hydrogen-bond acceptors (Lipinski definition) is 6. The molecule has 4 rings (SSSR count). The second-order valence-corrected chi connectivity index (χ2v) is 8.59. The Balaban J connectivity index is 1.33. The third-order valence-corrected chi connectivity index (χ3v) is 6.25. The number of thiazole rings is 1. The number of hydrogen-bond donors (Lipinski definition) is 1. The molecule has 3 aromatic rings. The Morgan fingerprint density at radius 1 is 1.10 bits per heavy atom. The van der Waals surface area contributed by atoms with Crippen molar-refractivity contribution >= 4 is 17.2 Å². The molecule has 1 saturated heterocycles. The number of rotatable bonds is 7. The first kappa shape index (κ1) is 20.7. The zero-order chi connectivity index (χ0) is 20.8. The lowest BCUT2D eigenvalue weighted by Gasteiger charge is -2.32. The molecule has 1 aliphatic rings. The van der Waals surface area contributed by atoms with Gasteiger partial charge in [-0.3, -0.25) is 14.7 Å². The first-order valence-electron chi connectivity index (χ1n) is 10.3. The predicted molar refractivity (Wildman–Crippen MR) is 120 cm³/mol. The van der Waals surface area contributed by atoms with E-state index in [1.54, 1.807) is 23.7 Å². The largest absolute Gasteiger partial charge is 0.352 e. The molecular weight excluding hydrogens is 394 g/mol. The Morgan fingerprint density at radius 3 is 2.70 bits per heavy atom. The maximum absolute atomic E-state index is 12.3. The fourth-order valence-corrected chi connectivity index (χ4v) is 4.33. The third-order valence-electron chi connectivity index (χ3n) is 5.31. The molecule has 1 amide bonds. The Bertz CT molecular complexity index is 966. The van der Waals surface area contributed by atoms with Crippen molar-refractivity contribution in [3.8, 4) is 10.6 Å². The number of pyridine rings is 1. The van der Waals surface area contributed by atoms with Gasteiger partial charge in [0.05, 0.1) is 12.1 Å². The normalized spacial score (nSPS) is 15.2. The fraction of sp³-hybridized carbons (Fsp3) is 0.348. The summed E-state index contributed by atoms with van der Waals surface area (Å²) < 4.78 is 0. The average molecular weight is 422 g/mol. The number of amides is 1. The molecule has 30 heavy (non-hydrogen) atoms. The number of nitrogens with one attached hydrogen (secondary N) is 1. The van der Waals surface area contributed by atoms with Gasteiger partial charge >= 0.3 is 0 Å². The summed E-state index contributed by atoms with van der Waals surface area (Å²) in [6.45, 7) is 5.94. The summed E-state index contributed by atoms with van der Waals surface area (Å²) in [5.74, 6) is -0.0209. The number of likely N-dealkylation sites (N-methyl/N-ethyl adjacent to an activating group) is 1. The van der Waals surface area contributed by atoms with E-state index in [2.05, 4.69) is 51.4 Å². The Hall–Kier alpha value is -2.61. The van der Waals surface area contributed by atoms with Crippen LogP contribution < -0.4 is 5.32 Å². The van der Waals surface area contributed by atoms with E-state index in [0.717, 1.165) is 54.6 Å². The molecule has 0 unspecified atom stereocenters. The third kappa shape index (κ3) is 5.72. The molecule has 2 aromatic heterocycles.